The van der Waals surface area contributed by atoms with E-state index in [2.05, 4.69) is 24.2 Å². The van der Waals surface area contributed by atoms with E-state index < -0.39 is 0 Å². The van der Waals surface area contributed by atoms with Gasteiger partial charge in [0.1, 0.15) is 0 Å². The van der Waals surface area contributed by atoms with Crippen LogP contribution in [-0.4, -0.2) is 37.1 Å². The molecule has 2 fully saturated rings. The molecule has 1 N–H and O–H groups in total. The van der Waals surface area contributed by atoms with Gasteiger partial charge in [0.25, 0.3) is 0 Å². The molecule has 2 atom stereocenters. The topological polar surface area (TPSA) is 15.3 Å². The molecule has 0 aromatic carbocycles. The number of nitrogens with one attached hydrogen (secondary N) is 1. The zero-order valence-corrected chi connectivity index (χ0v) is 10.3. The molecule has 1 heterocycles. The predicted octanol–water partition coefficient (Wildman–Crippen LogP) is 2.25. The van der Waals surface area contributed by atoms with E-state index in [1.54, 1.807) is 0 Å². The van der Waals surface area contributed by atoms with E-state index in [1.165, 1.54) is 51.6 Å². The molecule has 2 unspecified atom stereocenters. The molecule has 0 aromatic heterocycles. The Labute approximate surface area is 94.4 Å². The highest BCUT2D eigenvalue weighted by Crippen LogP contribution is 2.29. The summed E-state index contributed by atoms with van der Waals surface area (Å²) in [6.45, 7) is 4.88. The van der Waals surface area contributed by atoms with Crippen molar-refractivity contribution in [3.05, 3.63) is 0 Å². The molecule has 2 aliphatic rings. The van der Waals surface area contributed by atoms with Crippen LogP contribution in [0.3, 0.4) is 0 Å². The number of piperidine rings is 1. The lowest BCUT2D eigenvalue weighted by Crippen LogP contribution is -2.48. The minimum absolute atomic E-state index is 0.844. The minimum Gasteiger partial charge on any atom is -0.317 e. The highest BCUT2D eigenvalue weighted by atomic mass is 15.2. The Morgan fingerprint density at radius 1 is 1.00 bits per heavy atom. The summed E-state index contributed by atoms with van der Waals surface area (Å²) in [6, 6.07) is 1.71. The summed E-state index contributed by atoms with van der Waals surface area (Å²) in [5.41, 5.74) is 0. The predicted molar refractivity (Wildman–Crippen MR) is 65.1 cm³/mol. The van der Waals surface area contributed by atoms with Gasteiger partial charge in [0.2, 0.25) is 0 Å². The molecule has 0 amide bonds. The van der Waals surface area contributed by atoms with Gasteiger partial charge in [-0.25, -0.2) is 0 Å². The van der Waals surface area contributed by atoms with E-state index in [4.69, 9.17) is 0 Å². The van der Waals surface area contributed by atoms with Crippen LogP contribution in [-0.2, 0) is 0 Å². The largest absolute Gasteiger partial charge is 0.317 e. The Morgan fingerprint density at radius 3 is 2.33 bits per heavy atom. The number of rotatable bonds is 2. The van der Waals surface area contributed by atoms with Crippen molar-refractivity contribution in [3.8, 4) is 0 Å². The second-order valence-corrected chi connectivity index (χ2v) is 5.48. The summed E-state index contributed by atoms with van der Waals surface area (Å²) in [7, 11) is 2.36. The number of hydrogen-bond donors (Lipinski definition) is 1. The summed E-state index contributed by atoms with van der Waals surface area (Å²) in [4.78, 5) is 2.70. The van der Waals surface area contributed by atoms with Crippen LogP contribution in [0, 0.1) is 5.92 Å². The van der Waals surface area contributed by atoms with Crippen molar-refractivity contribution in [3.63, 3.8) is 0 Å². The first kappa shape index (κ1) is 11.4. The van der Waals surface area contributed by atoms with Gasteiger partial charge in [0, 0.05) is 12.1 Å². The van der Waals surface area contributed by atoms with Crippen LogP contribution in [0.15, 0.2) is 0 Å². The van der Waals surface area contributed by atoms with Crippen LogP contribution in [0.1, 0.15) is 45.4 Å². The average molecular weight is 210 g/mol. The van der Waals surface area contributed by atoms with Gasteiger partial charge in [-0.3, -0.25) is 0 Å². The summed E-state index contributed by atoms with van der Waals surface area (Å²) >= 11 is 0. The lowest BCUT2D eigenvalue weighted by Gasteiger charge is -2.42. The Hall–Kier alpha value is -0.0800. The summed E-state index contributed by atoms with van der Waals surface area (Å²) in [6.07, 6.45) is 8.48. The standard InChI is InChI=1S/C13H26N2/c1-11-5-3-4-6-13(11)15(2)12-7-9-14-10-8-12/h11-14H,3-10H2,1-2H3. The van der Waals surface area contributed by atoms with Gasteiger partial charge in [0.05, 0.1) is 0 Å². The van der Waals surface area contributed by atoms with Crippen molar-refractivity contribution in [2.45, 2.75) is 57.5 Å². The Kier molecular flexibility index (Phi) is 4.04. The number of nitrogens with zero attached hydrogens (tertiary/aromatic N) is 1. The van der Waals surface area contributed by atoms with Gasteiger partial charge in [-0.2, -0.15) is 0 Å². The third-order valence-corrected chi connectivity index (χ3v) is 4.47. The fourth-order valence-corrected chi connectivity index (χ4v) is 3.39. The second-order valence-electron chi connectivity index (χ2n) is 5.48. The van der Waals surface area contributed by atoms with Crippen LogP contribution >= 0.6 is 0 Å². The van der Waals surface area contributed by atoms with Crippen molar-refractivity contribution in [1.29, 1.82) is 0 Å². The van der Waals surface area contributed by atoms with E-state index in [9.17, 15) is 0 Å². The SMILES string of the molecule is CC1CCCCC1N(C)C1CCNCC1. The molecule has 88 valence electrons. The molecule has 1 aliphatic heterocycles. The molecular formula is C13H26N2. The maximum atomic E-state index is 3.46. The van der Waals surface area contributed by atoms with Crippen LogP contribution in [0.4, 0.5) is 0 Å². The van der Waals surface area contributed by atoms with Crippen LogP contribution < -0.4 is 5.32 Å². The first-order valence-electron chi connectivity index (χ1n) is 6.71. The lowest BCUT2D eigenvalue weighted by molar-refractivity contribution is 0.0807. The molecule has 15 heavy (non-hydrogen) atoms. The van der Waals surface area contributed by atoms with E-state index in [0.29, 0.717) is 0 Å². The molecule has 1 aliphatic carbocycles. The Balaban J connectivity index is 1.89. The minimum atomic E-state index is 0.844. The van der Waals surface area contributed by atoms with E-state index in [-0.39, 0.29) is 0 Å². The van der Waals surface area contributed by atoms with Crippen LogP contribution in [0.5, 0.6) is 0 Å². The fraction of sp³-hybridized carbons (Fsp3) is 1.00. The molecule has 2 rings (SSSR count). The number of hydrogen-bond acceptors (Lipinski definition) is 2. The van der Waals surface area contributed by atoms with Gasteiger partial charge in [-0.15, -0.1) is 0 Å². The van der Waals surface area contributed by atoms with E-state index >= 15 is 0 Å². The molecule has 0 bridgehead atoms. The molecule has 0 spiro atoms. The third-order valence-electron chi connectivity index (χ3n) is 4.47. The molecular weight excluding hydrogens is 184 g/mol. The maximum Gasteiger partial charge on any atom is 0.0121 e. The smallest absolute Gasteiger partial charge is 0.0121 e. The molecule has 1 saturated carbocycles. The zero-order chi connectivity index (χ0) is 10.7. The quantitative estimate of drug-likeness (QED) is 0.752. The average Bonchev–Trinajstić information content (AvgIpc) is 2.30. The van der Waals surface area contributed by atoms with E-state index in [1.807, 2.05) is 0 Å². The van der Waals surface area contributed by atoms with Crippen molar-refractivity contribution in [1.82, 2.24) is 10.2 Å². The zero-order valence-electron chi connectivity index (χ0n) is 10.3. The summed E-state index contributed by atoms with van der Waals surface area (Å²) in [5, 5.41) is 3.46. The fourth-order valence-electron chi connectivity index (χ4n) is 3.39. The van der Waals surface area contributed by atoms with Crippen molar-refractivity contribution >= 4 is 0 Å². The molecule has 0 aromatic rings. The monoisotopic (exact) mass is 210 g/mol. The highest BCUT2D eigenvalue weighted by molar-refractivity contribution is 4.85. The van der Waals surface area contributed by atoms with Gasteiger partial charge in [-0.1, -0.05) is 19.8 Å². The van der Waals surface area contributed by atoms with Gasteiger partial charge < -0.3 is 10.2 Å². The second kappa shape index (κ2) is 5.31. The van der Waals surface area contributed by atoms with E-state index in [0.717, 1.165) is 18.0 Å². The van der Waals surface area contributed by atoms with Crippen molar-refractivity contribution in [2.75, 3.05) is 20.1 Å². The molecule has 2 heteroatoms. The molecule has 2 nitrogen and oxygen atoms in total. The van der Waals surface area contributed by atoms with Gasteiger partial charge in [-0.05, 0) is 51.7 Å². The normalized spacial score (nSPS) is 34.6. The van der Waals surface area contributed by atoms with Crippen molar-refractivity contribution in [2.24, 2.45) is 5.92 Å². The third kappa shape index (κ3) is 2.73. The van der Waals surface area contributed by atoms with Crippen LogP contribution in [0.25, 0.3) is 0 Å². The lowest BCUT2D eigenvalue weighted by atomic mass is 9.84. The first-order chi connectivity index (χ1) is 7.29. The summed E-state index contributed by atoms with van der Waals surface area (Å²) < 4.78 is 0. The Bertz CT molecular complexity index is 187. The van der Waals surface area contributed by atoms with Crippen LogP contribution in [0.2, 0.25) is 0 Å². The molecule has 0 radical (unpaired) electrons. The Morgan fingerprint density at radius 2 is 1.67 bits per heavy atom. The van der Waals surface area contributed by atoms with Gasteiger partial charge in [0.15, 0.2) is 0 Å². The highest BCUT2D eigenvalue weighted by Gasteiger charge is 2.29. The summed E-state index contributed by atoms with van der Waals surface area (Å²) in [5.74, 6) is 0.915. The van der Waals surface area contributed by atoms with Gasteiger partial charge >= 0.3 is 0 Å². The first-order valence-corrected chi connectivity index (χ1v) is 6.71. The maximum absolute atomic E-state index is 3.46. The molecule has 1 saturated heterocycles. The van der Waals surface area contributed by atoms with Crippen molar-refractivity contribution < 1.29 is 0 Å².